The highest BCUT2D eigenvalue weighted by atomic mass is 15.4. The van der Waals surface area contributed by atoms with E-state index in [0.29, 0.717) is 6.04 Å². The van der Waals surface area contributed by atoms with Crippen LogP contribution in [0.2, 0.25) is 0 Å². The number of hydrogen-bond acceptors (Lipinski definition) is 5. The van der Waals surface area contributed by atoms with Gasteiger partial charge in [-0.05, 0) is 45.3 Å². The first-order valence-electron chi connectivity index (χ1n) is 11.1. The van der Waals surface area contributed by atoms with E-state index in [0.717, 1.165) is 51.2 Å². The zero-order valence-electron chi connectivity index (χ0n) is 17.7. The van der Waals surface area contributed by atoms with Crippen molar-refractivity contribution in [2.45, 2.75) is 52.0 Å². The molecule has 7 nitrogen and oxygen atoms in total. The lowest BCUT2D eigenvalue weighted by atomic mass is 10.0. The maximum atomic E-state index is 5.06. The van der Waals surface area contributed by atoms with E-state index in [1.165, 1.54) is 45.2 Å². The van der Waals surface area contributed by atoms with E-state index in [2.05, 4.69) is 43.8 Å². The summed E-state index contributed by atoms with van der Waals surface area (Å²) in [4.78, 5) is 21.1. The van der Waals surface area contributed by atoms with Gasteiger partial charge in [0.15, 0.2) is 5.96 Å². The standard InChI is InChI=1S/C21H37N7/c1-3-5-12-26-13-7-6-9-19(26)18-25-20(22-4-2)27-14-16-28(17-15-27)21-23-10-8-11-24-21/h8,10-11,19H,3-7,9,12-18H2,1-2H3,(H,22,25). The summed E-state index contributed by atoms with van der Waals surface area (Å²) in [5.41, 5.74) is 0. The van der Waals surface area contributed by atoms with Crippen LogP contribution in [0.25, 0.3) is 0 Å². The molecular weight excluding hydrogens is 350 g/mol. The van der Waals surface area contributed by atoms with Crippen LogP contribution < -0.4 is 10.2 Å². The number of anilines is 1. The zero-order valence-corrected chi connectivity index (χ0v) is 17.7. The molecule has 1 aromatic heterocycles. The Hall–Kier alpha value is -1.89. The van der Waals surface area contributed by atoms with Gasteiger partial charge in [0.1, 0.15) is 0 Å². The second-order valence-corrected chi connectivity index (χ2v) is 7.76. The fourth-order valence-electron chi connectivity index (χ4n) is 4.11. The fraction of sp³-hybridized carbons (Fsp3) is 0.762. The average molecular weight is 388 g/mol. The summed E-state index contributed by atoms with van der Waals surface area (Å²) >= 11 is 0. The Labute approximate surface area is 170 Å². The molecule has 7 heteroatoms. The van der Waals surface area contributed by atoms with Crippen LogP contribution in [-0.4, -0.2) is 84.1 Å². The third-order valence-corrected chi connectivity index (χ3v) is 5.75. The van der Waals surface area contributed by atoms with Crippen LogP contribution in [0, 0.1) is 0 Å². The Bertz CT molecular complexity index is 584. The number of aromatic nitrogens is 2. The summed E-state index contributed by atoms with van der Waals surface area (Å²) in [6, 6.07) is 2.47. The van der Waals surface area contributed by atoms with Gasteiger partial charge >= 0.3 is 0 Å². The average Bonchev–Trinajstić information content (AvgIpc) is 2.76. The molecule has 0 aliphatic carbocycles. The lowest BCUT2D eigenvalue weighted by Gasteiger charge is -2.37. The molecule has 0 amide bonds. The number of nitrogens with one attached hydrogen (secondary N) is 1. The number of nitrogens with zero attached hydrogens (tertiary/aromatic N) is 6. The number of hydrogen-bond donors (Lipinski definition) is 1. The molecular formula is C21H37N7. The van der Waals surface area contributed by atoms with E-state index in [1.807, 2.05) is 18.5 Å². The molecule has 28 heavy (non-hydrogen) atoms. The minimum Gasteiger partial charge on any atom is -0.357 e. The Morgan fingerprint density at radius 2 is 1.89 bits per heavy atom. The molecule has 1 unspecified atom stereocenters. The molecule has 1 atom stereocenters. The Morgan fingerprint density at radius 1 is 1.11 bits per heavy atom. The normalized spacial score (nSPS) is 21.8. The zero-order chi connectivity index (χ0) is 19.6. The smallest absolute Gasteiger partial charge is 0.225 e. The molecule has 0 spiro atoms. The summed E-state index contributed by atoms with van der Waals surface area (Å²) in [5, 5.41) is 3.51. The highest BCUT2D eigenvalue weighted by molar-refractivity contribution is 5.80. The number of guanidine groups is 1. The molecule has 2 aliphatic heterocycles. The molecule has 0 aromatic carbocycles. The van der Waals surface area contributed by atoms with E-state index in [-0.39, 0.29) is 0 Å². The van der Waals surface area contributed by atoms with Crippen molar-refractivity contribution in [1.29, 1.82) is 0 Å². The van der Waals surface area contributed by atoms with E-state index in [1.54, 1.807) is 0 Å². The molecule has 1 aromatic rings. The van der Waals surface area contributed by atoms with Crippen LogP contribution in [0.5, 0.6) is 0 Å². The maximum Gasteiger partial charge on any atom is 0.225 e. The van der Waals surface area contributed by atoms with E-state index < -0.39 is 0 Å². The number of piperazine rings is 1. The van der Waals surface area contributed by atoms with Gasteiger partial charge in [-0.1, -0.05) is 19.8 Å². The lowest BCUT2D eigenvalue weighted by Crippen LogP contribution is -2.53. The van der Waals surface area contributed by atoms with Gasteiger partial charge in [0, 0.05) is 51.2 Å². The molecule has 3 heterocycles. The summed E-state index contributed by atoms with van der Waals surface area (Å²) in [5.74, 6) is 1.90. The van der Waals surface area contributed by atoms with Crippen LogP contribution in [-0.2, 0) is 0 Å². The first-order chi connectivity index (χ1) is 13.8. The lowest BCUT2D eigenvalue weighted by molar-refractivity contribution is 0.151. The van der Waals surface area contributed by atoms with Gasteiger partial charge in [0.05, 0.1) is 6.54 Å². The van der Waals surface area contributed by atoms with Crippen molar-refractivity contribution in [1.82, 2.24) is 25.1 Å². The first kappa shape index (κ1) is 20.8. The van der Waals surface area contributed by atoms with Crippen LogP contribution in [0.4, 0.5) is 5.95 Å². The Kier molecular flexibility index (Phi) is 8.33. The van der Waals surface area contributed by atoms with Gasteiger partial charge in [0.25, 0.3) is 0 Å². The van der Waals surface area contributed by atoms with Crippen molar-refractivity contribution in [3.63, 3.8) is 0 Å². The van der Waals surface area contributed by atoms with Crippen LogP contribution >= 0.6 is 0 Å². The third-order valence-electron chi connectivity index (χ3n) is 5.75. The van der Waals surface area contributed by atoms with Gasteiger partial charge in [-0.25, -0.2) is 9.97 Å². The van der Waals surface area contributed by atoms with Crippen LogP contribution in [0.3, 0.4) is 0 Å². The van der Waals surface area contributed by atoms with Gasteiger partial charge < -0.3 is 15.1 Å². The van der Waals surface area contributed by atoms with Gasteiger partial charge in [-0.2, -0.15) is 0 Å². The Morgan fingerprint density at radius 3 is 2.61 bits per heavy atom. The minimum atomic E-state index is 0.605. The highest BCUT2D eigenvalue weighted by Gasteiger charge is 2.24. The first-order valence-corrected chi connectivity index (χ1v) is 11.1. The van der Waals surface area contributed by atoms with Gasteiger partial charge in [-0.15, -0.1) is 0 Å². The van der Waals surface area contributed by atoms with E-state index >= 15 is 0 Å². The summed E-state index contributed by atoms with van der Waals surface area (Å²) < 4.78 is 0. The number of aliphatic imine (C=N–C) groups is 1. The van der Waals surface area contributed by atoms with E-state index in [4.69, 9.17) is 4.99 Å². The fourth-order valence-corrected chi connectivity index (χ4v) is 4.11. The number of unbranched alkanes of at least 4 members (excludes halogenated alkanes) is 1. The predicted molar refractivity (Wildman–Crippen MR) is 116 cm³/mol. The summed E-state index contributed by atoms with van der Waals surface area (Å²) in [6.07, 6.45) is 10.2. The number of piperidine rings is 1. The van der Waals surface area contributed by atoms with E-state index in [9.17, 15) is 0 Å². The van der Waals surface area contributed by atoms with Crippen molar-refractivity contribution >= 4 is 11.9 Å². The SMILES string of the molecule is CCCCN1CCCCC1CN=C(NCC)N1CCN(c2ncccn2)CC1. The van der Waals surface area contributed by atoms with Gasteiger partial charge in [-0.3, -0.25) is 9.89 Å². The molecule has 2 aliphatic rings. The van der Waals surface area contributed by atoms with Gasteiger partial charge in [0.2, 0.25) is 5.95 Å². The summed E-state index contributed by atoms with van der Waals surface area (Å²) in [6.45, 7) is 12.5. The monoisotopic (exact) mass is 387 g/mol. The second kappa shape index (κ2) is 11.2. The third kappa shape index (κ3) is 5.80. The molecule has 0 radical (unpaired) electrons. The molecule has 1 N–H and O–H groups in total. The molecule has 156 valence electrons. The van der Waals surface area contributed by atoms with Crippen LogP contribution in [0.1, 0.15) is 46.0 Å². The number of rotatable bonds is 7. The molecule has 2 saturated heterocycles. The second-order valence-electron chi connectivity index (χ2n) is 7.76. The number of likely N-dealkylation sites (tertiary alicyclic amines) is 1. The highest BCUT2D eigenvalue weighted by Crippen LogP contribution is 2.18. The Balaban J connectivity index is 1.56. The minimum absolute atomic E-state index is 0.605. The van der Waals surface area contributed by atoms with Crippen molar-refractivity contribution in [3.8, 4) is 0 Å². The molecule has 3 rings (SSSR count). The largest absolute Gasteiger partial charge is 0.357 e. The molecule has 0 saturated carbocycles. The van der Waals surface area contributed by atoms with Crippen molar-refractivity contribution in [2.24, 2.45) is 4.99 Å². The van der Waals surface area contributed by atoms with Crippen molar-refractivity contribution < 1.29 is 0 Å². The quantitative estimate of drug-likeness (QED) is 0.572. The summed E-state index contributed by atoms with van der Waals surface area (Å²) in [7, 11) is 0. The maximum absolute atomic E-state index is 5.06. The van der Waals surface area contributed by atoms with Crippen LogP contribution in [0.15, 0.2) is 23.5 Å². The molecule has 2 fully saturated rings. The van der Waals surface area contributed by atoms with Crippen molar-refractivity contribution in [3.05, 3.63) is 18.5 Å². The molecule has 0 bridgehead atoms. The van der Waals surface area contributed by atoms with Crippen molar-refractivity contribution in [2.75, 3.05) is 57.3 Å². The topological polar surface area (TPSA) is 59.9 Å². The predicted octanol–water partition coefficient (Wildman–Crippen LogP) is 2.22.